The molecular weight excluding hydrogens is 490 g/mol. The molecule has 0 radical (unpaired) electrons. The van der Waals surface area contributed by atoms with Crippen molar-refractivity contribution < 1.29 is 19.0 Å². The predicted octanol–water partition coefficient (Wildman–Crippen LogP) is 8.36. The molecule has 0 bridgehead atoms. The normalized spacial score (nSPS) is 10.9. The molecule has 1 aromatic heterocycles. The highest BCUT2D eigenvalue weighted by atomic mass is 16.5. The zero-order valence-corrected chi connectivity index (χ0v) is 23.8. The quantitative estimate of drug-likeness (QED) is 0.0822. The van der Waals surface area contributed by atoms with Crippen LogP contribution in [0.15, 0.2) is 54.7 Å². The molecule has 7 heteroatoms. The minimum Gasteiger partial charge on any atom is -0.494 e. The Bertz CT molecular complexity index is 1060. The second kappa shape index (κ2) is 18.0. The summed E-state index contributed by atoms with van der Waals surface area (Å²) in [6, 6.07) is 14.7. The summed E-state index contributed by atoms with van der Waals surface area (Å²) in [5, 5.41) is 8.06. The minimum absolute atomic E-state index is 0.137. The Morgan fingerprint density at radius 2 is 1.10 bits per heavy atom. The Labute approximate surface area is 233 Å². The number of rotatable bonds is 20. The van der Waals surface area contributed by atoms with Gasteiger partial charge in [-0.1, -0.05) is 89.7 Å². The second-order valence-corrected chi connectivity index (χ2v) is 9.99. The van der Waals surface area contributed by atoms with Crippen LogP contribution in [0.2, 0.25) is 0 Å². The van der Waals surface area contributed by atoms with Crippen LogP contribution in [0.3, 0.4) is 0 Å². The van der Waals surface area contributed by atoms with E-state index in [1.807, 2.05) is 36.4 Å². The Morgan fingerprint density at radius 1 is 0.641 bits per heavy atom. The van der Waals surface area contributed by atoms with Gasteiger partial charge in [-0.15, -0.1) is 5.10 Å². The number of nitrogens with zero attached hydrogens (tertiary/aromatic N) is 3. The van der Waals surface area contributed by atoms with Crippen molar-refractivity contribution in [2.75, 3.05) is 13.2 Å². The summed E-state index contributed by atoms with van der Waals surface area (Å²) in [6.07, 6.45) is 17.8. The molecule has 0 atom stereocenters. The number of aromatic nitrogens is 3. The molecule has 3 aromatic rings. The van der Waals surface area contributed by atoms with Crippen molar-refractivity contribution in [3.05, 3.63) is 60.4 Å². The van der Waals surface area contributed by atoms with E-state index in [2.05, 4.69) is 24.2 Å². The van der Waals surface area contributed by atoms with Crippen molar-refractivity contribution >= 4 is 5.97 Å². The molecule has 0 amide bonds. The van der Waals surface area contributed by atoms with Crippen LogP contribution in [0, 0.1) is 0 Å². The van der Waals surface area contributed by atoms with Gasteiger partial charge in [-0.05, 0) is 61.4 Å². The lowest BCUT2D eigenvalue weighted by molar-refractivity contribution is 0.0728. The highest BCUT2D eigenvalue weighted by molar-refractivity contribution is 5.88. The molecule has 3 rings (SSSR count). The van der Waals surface area contributed by atoms with Gasteiger partial charge in [0.15, 0.2) is 5.69 Å². The van der Waals surface area contributed by atoms with Gasteiger partial charge >= 0.3 is 5.97 Å². The van der Waals surface area contributed by atoms with Gasteiger partial charge in [0.05, 0.1) is 25.1 Å². The van der Waals surface area contributed by atoms with Gasteiger partial charge in [0, 0.05) is 0 Å². The summed E-state index contributed by atoms with van der Waals surface area (Å²) in [7, 11) is 0. The van der Waals surface area contributed by atoms with Crippen molar-refractivity contribution in [1.82, 2.24) is 15.0 Å². The number of esters is 1. The summed E-state index contributed by atoms with van der Waals surface area (Å²) < 4.78 is 18.7. The Kier molecular flexibility index (Phi) is 14.0. The van der Waals surface area contributed by atoms with Gasteiger partial charge in [-0.25, -0.2) is 9.48 Å². The van der Waals surface area contributed by atoms with Crippen LogP contribution in [-0.2, 0) is 0 Å². The van der Waals surface area contributed by atoms with E-state index in [9.17, 15) is 4.79 Å². The van der Waals surface area contributed by atoms with E-state index in [1.165, 1.54) is 70.6 Å². The largest absolute Gasteiger partial charge is 0.494 e. The van der Waals surface area contributed by atoms with Crippen LogP contribution in [0.5, 0.6) is 17.2 Å². The summed E-state index contributed by atoms with van der Waals surface area (Å²) in [4.78, 5) is 12.6. The van der Waals surface area contributed by atoms with Crippen molar-refractivity contribution in [3.8, 4) is 22.9 Å². The lowest BCUT2D eigenvalue weighted by atomic mass is 10.1. The van der Waals surface area contributed by atoms with E-state index in [0.717, 1.165) is 36.6 Å². The SMILES string of the molecule is CCCCCCCCCCOc1ccc(-n2cc(C(=O)Oc3ccc(OCCCCCCC)cc3)nn2)cc1. The maximum Gasteiger partial charge on any atom is 0.365 e. The number of unbranched alkanes of at least 4 members (excludes halogenated alkanes) is 11. The summed E-state index contributed by atoms with van der Waals surface area (Å²) in [6.45, 7) is 5.87. The molecule has 0 spiro atoms. The third kappa shape index (κ3) is 11.5. The van der Waals surface area contributed by atoms with Gasteiger partial charge in [-0.3, -0.25) is 0 Å². The van der Waals surface area contributed by atoms with E-state index in [4.69, 9.17) is 14.2 Å². The number of carbonyl (C=O) groups excluding carboxylic acids is 1. The first kappa shape index (κ1) is 30.2. The second-order valence-electron chi connectivity index (χ2n) is 9.99. The fourth-order valence-corrected chi connectivity index (χ4v) is 4.26. The third-order valence-corrected chi connectivity index (χ3v) is 6.62. The summed E-state index contributed by atoms with van der Waals surface area (Å²) >= 11 is 0. The van der Waals surface area contributed by atoms with Crippen molar-refractivity contribution in [2.24, 2.45) is 0 Å². The van der Waals surface area contributed by atoms with Crippen molar-refractivity contribution in [2.45, 2.75) is 97.3 Å². The lowest BCUT2D eigenvalue weighted by Crippen LogP contribution is -2.09. The molecule has 1 heterocycles. The van der Waals surface area contributed by atoms with Crippen LogP contribution < -0.4 is 14.2 Å². The molecular formula is C32H45N3O4. The summed E-state index contributed by atoms with van der Waals surface area (Å²) in [5.41, 5.74) is 0.926. The average Bonchev–Trinajstić information content (AvgIpc) is 3.46. The lowest BCUT2D eigenvalue weighted by Gasteiger charge is -2.07. The van der Waals surface area contributed by atoms with Gasteiger partial charge in [0.2, 0.25) is 0 Å². The number of benzene rings is 2. The highest BCUT2D eigenvalue weighted by Crippen LogP contribution is 2.20. The van der Waals surface area contributed by atoms with Crippen LogP contribution >= 0.6 is 0 Å². The monoisotopic (exact) mass is 535 g/mol. The van der Waals surface area contributed by atoms with Crippen LogP contribution in [0.4, 0.5) is 0 Å². The van der Waals surface area contributed by atoms with Crippen LogP contribution in [-0.4, -0.2) is 34.2 Å². The van der Waals surface area contributed by atoms with E-state index >= 15 is 0 Å². The zero-order valence-electron chi connectivity index (χ0n) is 23.8. The molecule has 39 heavy (non-hydrogen) atoms. The van der Waals surface area contributed by atoms with Crippen LogP contribution in [0.1, 0.15) is 108 Å². The van der Waals surface area contributed by atoms with E-state index < -0.39 is 5.97 Å². The molecule has 7 nitrogen and oxygen atoms in total. The topological polar surface area (TPSA) is 75.5 Å². The first-order valence-electron chi connectivity index (χ1n) is 14.8. The number of ether oxygens (including phenoxy) is 3. The van der Waals surface area contributed by atoms with Gasteiger partial charge < -0.3 is 14.2 Å². The summed E-state index contributed by atoms with van der Waals surface area (Å²) in [5.74, 6) is 1.46. The maximum absolute atomic E-state index is 12.6. The highest BCUT2D eigenvalue weighted by Gasteiger charge is 2.14. The van der Waals surface area contributed by atoms with Crippen molar-refractivity contribution in [1.29, 1.82) is 0 Å². The average molecular weight is 536 g/mol. The molecule has 0 saturated heterocycles. The molecule has 0 saturated carbocycles. The van der Waals surface area contributed by atoms with Crippen LogP contribution in [0.25, 0.3) is 5.69 Å². The molecule has 212 valence electrons. The number of carbonyl (C=O) groups is 1. The fraction of sp³-hybridized carbons (Fsp3) is 0.531. The van der Waals surface area contributed by atoms with E-state index in [-0.39, 0.29) is 5.69 Å². The molecule has 0 unspecified atom stereocenters. The van der Waals surface area contributed by atoms with Crippen molar-refractivity contribution in [3.63, 3.8) is 0 Å². The standard InChI is InChI=1S/C32H45N3O4/c1-3-5-7-9-10-11-13-15-25-37-28-18-16-27(17-19-28)35-26-31(33-34-35)32(36)39-30-22-20-29(21-23-30)38-24-14-12-8-6-4-2/h16-23,26H,3-15,24-25H2,1-2H3. The van der Waals surface area contributed by atoms with Gasteiger partial charge in [-0.2, -0.15) is 0 Å². The fourth-order valence-electron chi connectivity index (χ4n) is 4.26. The Hall–Kier alpha value is -3.35. The maximum atomic E-state index is 12.6. The number of hydrogen-bond donors (Lipinski definition) is 0. The molecule has 0 aliphatic rings. The molecule has 0 aliphatic heterocycles. The first-order valence-corrected chi connectivity index (χ1v) is 14.8. The minimum atomic E-state index is -0.559. The molecule has 0 N–H and O–H groups in total. The Morgan fingerprint density at radius 3 is 1.64 bits per heavy atom. The third-order valence-electron chi connectivity index (χ3n) is 6.62. The molecule has 2 aromatic carbocycles. The zero-order chi connectivity index (χ0) is 27.5. The van der Waals surface area contributed by atoms with Gasteiger partial charge in [0.1, 0.15) is 17.2 Å². The van der Waals surface area contributed by atoms with E-state index in [0.29, 0.717) is 12.4 Å². The molecule has 0 fully saturated rings. The Balaban J connectivity index is 1.37. The smallest absolute Gasteiger partial charge is 0.365 e. The van der Waals surface area contributed by atoms with E-state index in [1.54, 1.807) is 23.0 Å². The predicted molar refractivity (Wildman–Crippen MR) is 155 cm³/mol. The number of hydrogen-bond acceptors (Lipinski definition) is 6. The molecule has 0 aliphatic carbocycles. The van der Waals surface area contributed by atoms with Gasteiger partial charge in [0.25, 0.3) is 0 Å². The first-order chi connectivity index (χ1) is 19.2.